The first-order valence-electron chi connectivity index (χ1n) is 18.2. The van der Waals surface area contributed by atoms with Crippen molar-refractivity contribution in [2.45, 2.75) is 110 Å². The summed E-state index contributed by atoms with van der Waals surface area (Å²) in [5.74, 6) is 2.07. The smallest absolute Gasteiger partial charge is 0.264 e. The van der Waals surface area contributed by atoms with Crippen LogP contribution in [0.15, 0.2) is 0 Å². The van der Waals surface area contributed by atoms with E-state index in [2.05, 4.69) is 27.7 Å². The molecule has 12 nitrogen and oxygen atoms in total. The van der Waals surface area contributed by atoms with Gasteiger partial charge >= 0.3 is 0 Å². The monoisotopic (exact) mass is 758 g/mol. The average Bonchev–Trinajstić information content (AvgIpc) is 3.35. The average molecular weight is 759 g/mol. The molecule has 0 bridgehead atoms. The van der Waals surface area contributed by atoms with Crippen molar-refractivity contribution in [3.63, 3.8) is 0 Å². The van der Waals surface area contributed by atoms with Gasteiger partial charge in [0.05, 0.1) is 76.7 Å². The largest absolute Gasteiger partial charge is 0.376 e. The zero-order chi connectivity index (χ0) is 36.3. The minimum absolute atomic E-state index is 0.0188. The minimum Gasteiger partial charge on any atom is -0.376 e. The van der Waals surface area contributed by atoms with E-state index in [9.17, 15) is 25.3 Å². The van der Waals surface area contributed by atoms with Crippen LogP contribution in [0.5, 0.6) is 0 Å². The topological polar surface area (TPSA) is 158 Å². The van der Waals surface area contributed by atoms with Crippen LogP contribution in [-0.2, 0) is 57.1 Å². The predicted molar refractivity (Wildman–Crippen MR) is 186 cm³/mol. The van der Waals surface area contributed by atoms with Gasteiger partial charge in [-0.15, -0.1) is 0 Å². The minimum atomic E-state index is -3.59. The highest BCUT2D eigenvalue weighted by Crippen LogP contribution is 2.69. The maximum atomic E-state index is 11.7. The first-order valence-corrected chi connectivity index (χ1v) is 23.6. The molecular weight excluding hydrogens is 697 g/mol. The number of hydrogen-bond donors (Lipinski definition) is 0. The normalized spacial score (nSPS) is 37.3. The van der Waals surface area contributed by atoms with E-state index in [-0.39, 0.29) is 86.5 Å². The second-order valence-electron chi connectivity index (χ2n) is 15.7. The molecule has 4 fully saturated rings. The molecule has 0 aromatic carbocycles. The van der Waals surface area contributed by atoms with Crippen molar-refractivity contribution < 1.29 is 52.0 Å². The fraction of sp³-hybridized carbons (Fsp3) is 1.00. The number of fused-ring (bicyclic) bond motifs is 5. The Bertz CT molecular complexity index is 1400. The van der Waals surface area contributed by atoms with E-state index in [1.54, 1.807) is 0 Å². The quantitative estimate of drug-likeness (QED) is 0.131. The molecule has 0 aromatic rings. The zero-order valence-corrected chi connectivity index (χ0v) is 33.1. The van der Waals surface area contributed by atoms with Gasteiger partial charge in [0.2, 0.25) is 0 Å². The van der Waals surface area contributed by atoms with Crippen molar-refractivity contribution in [1.82, 2.24) is 0 Å². The van der Waals surface area contributed by atoms with Crippen LogP contribution in [0.25, 0.3) is 0 Å². The molecule has 4 aliphatic rings. The van der Waals surface area contributed by atoms with Gasteiger partial charge in [-0.25, -0.2) is 0 Å². The van der Waals surface area contributed by atoms with Gasteiger partial charge in [0.25, 0.3) is 30.4 Å². The molecular formula is C34H62O12S3. The number of rotatable bonds is 19. The van der Waals surface area contributed by atoms with Gasteiger partial charge in [0.1, 0.15) is 0 Å². The van der Waals surface area contributed by atoms with E-state index in [1.807, 2.05) is 0 Å². The molecule has 49 heavy (non-hydrogen) atoms. The van der Waals surface area contributed by atoms with Gasteiger partial charge in [-0.05, 0) is 85.9 Å². The van der Waals surface area contributed by atoms with Crippen molar-refractivity contribution >= 4 is 30.4 Å². The molecule has 4 rings (SSSR count). The standard InChI is InChI=1S/C34H62O12S3/c1-8-9-10-24(2)27-11-12-28-32-29(23-31(34(27,28)4)43-17-20-46-49(7,39)40)33(3)14-13-26(41-15-18-44-47(5,35)36)21-25(33)22-30(32)42-16-19-45-48(6,37)38/h24-32H,8-23H2,1-7H3/t24-,25?,26-,27-,28+,29+,30-,31+,32?,33+,34-/m1/s1. The third-order valence-corrected chi connectivity index (χ3v) is 14.4. The number of hydrogen-bond acceptors (Lipinski definition) is 12. The van der Waals surface area contributed by atoms with Crippen LogP contribution in [0.2, 0.25) is 0 Å². The summed E-state index contributed by atoms with van der Waals surface area (Å²) in [6.45, 7) is 9.90. The number of ether oxygens (including phenoxy) is 3. The van der Waals surface area contributed by atoms with Gasteiger partial charge in [0, 0.05) is 5.41 Å². The molecule has 11 atom stereocenters. The predicted octanol–water partition coefficient (Wildman–Crippen LogP) is 4.78. The van der Waals surface area contributed by atoms with Crippen molar-refractivity contribution in [1.29, 1.82) is 0 Å². The summed E-state index contributed by atoms with van der Waals surface area (Å²) in [6, 6.07) is 0. The van der Waals surface area contributed by atoms with Gasteiger partial charge in [-0.3, -0.25) is 12.5 Å². The molecule has 0 aromatic heterocycles. The van der Waals surface area contributed by atoms with E-state index in [1.165, 1.54) is 6.42 Å². The van der Waals surface area contributed by atoms with Crippen molar-refractivity contribution in [3.05, 3.63) is 0 Å². The number of unbranched alkanes of at least 4 members (excludes halogenated alkanes) is 1. The molecule has 0 saturated heterocycles. The highest BCUT2D eigenvalue weighted by atomic mass is 32.2. The second kappa shape index (κ2) is 16.7. The molecule has 288 valence electrons. The van der Waals surface area contributed by atoms with Gasteiger partial charge in [-0.1, -0.05) is 47.0 Å². The molecule has 0 N–H and O–H groups in total. The van der Waals surface area contributed by atoms with Crippen LogP contribution in [0.4, 0.5) is 0 Å². The lowest BCUT2D eigenvalue weighted by atomic mass is 9.43. The Morgan fingerprint density at radius 3 is 1.84 bits per heavy atom. The van der Waals surface area contributed by atoms with Crippen LogP contribution in [0, 0.1) is 46.3 Å². The molecule has 2 unspecified atom stereocenters. The molecule has 4 aliphatic carbocycles. The van der Waals surface area contributed by atoms with Gasteiger partial charge in [-0.2, -0.15) is 25.3 Å². The van der Waals surface area contributed by atoms with Crippen molar-refractivity contribution in [2.24, 2.45) is 46.3 Å². The first-order chi connectivity index (χ1) is 22.8. The summed E-state index contributed by atoms with van der Waals surface area (Å²) < 4.78 is 104. The summed E-state index contributed by atoms with van der Waals surface area (Å²) in [7, 11) is -10.7. The Hall–Kier alpha value is -0.390. The van der Waals surface area contributed by atoms with E-state index in [4.69, 9.17) is 26.8 Å². The third kappa shape index (κ3) is 10.6. The molecule has 0 radical (unpaired) electrons. The Balaban J connectivity index is 1.62. The van der Waals surface area contributed by atoms with E-state index < -0.39 is 30.4 Å². The van der Waals surface area contributed by atoms with Gasteiger partial charge < -0.3 is 14.2 Å². The highest BCUT2D eigenvalue weighted by molar-refractivity contribution is 7.86. The maximum Gasteiger partial charge on any atom is 0.264 e. The van der Waals surface area contributed by atoms with Crippen LogP contribution in [0.1, 0.15) is 91.9 Å². The van der Waals surface area contributed by atoms with Gasteiger partial charge in [0.15, 0.2) is 0 Å². The Labute approximate surface area is 296 Å². The lowest BCUT2D eigenvalue weighted by molar-refractivity contribution is -0.229. The zero-order valence-electron chi connectivity index (χ0n) is 30.6. The SMILES string of the molecule is CCCC[C@@H](C)[C@H]1CC[C@H]2C3[C@H](OCCOS(C)(=O)=O)CC4C[C@H](OCCOS(C)(=O)=O)CC[C@]4(C)[C@H]3C[C@H](OCCOS(C)(=O)=O)[C@]12C. The lowest BCUT2D eigenvalue weighted by Crippen LogP contribution is -2.63. The Morgan fingerprint density at radius 2 is 1.27 bits per heavy atom. The van der Waals surface area contributed by atoms with Crippen LogP contribution in [0.3, 0.4) is 0 Å². The molecule has 0 amide bonds. The fourth-order valence-electron chi connectivity index (χ4n) is 10.5. The summed E-state index contributed by atoms with van der Waals surface area (Å²) in [6.07, 6.45) is 12.8. The van der Waals surface area contributed by atoms with Crippen LogP contribution < -0.4 is 0 Å². The van der Waals surface area contributed by atoms with Crippen LogP contribution >= 0.6 is 0 Å². The second-order valence-corrected chi connectivity index (χ2v) is 20.7. The van der Waals surface area contributed by atoms with E-state index >= 15 is 0 Å². The third-order valence-electron chi connectivity index (χ3n) is 12.6. The summed E-state index contributed by atoms with van der Waals surface area (Å²) in [5.41, 5.74) is -0.164. The lowest BCUT2D eigenvalue weighted by Gasteiger charge is -2.64. The summed E-state index contributed by atoms with van der Waals surface area (Å²) in [5, 5.41) is 0. The molecule has 0 aliphatic heterocycles. The molecule has 4 saturated carbocycles. The van der Waals surface area contributed by atoms with Crippen molar-refractivity contribution in [3.8, 4) is 0 Å². The first kappa shape index (κ1) is 41.4. The van der Waals surface area contributed by atoms with E-state index in [0.29, 0.717) is 17.8 Å². The molecule has 0 spiro atoms. The summed E-state index contributed by atoms with van der Waals surface area (Å²) >= 11 is 0. The Kier molecular flexibility index (Phi) is 14.1. The Morgan fingerprint density at radius 1 is 0.694 bits per heavy atom. The fourth-order valence-corrected chi connectivity index (χ4v) is 11.6. The molecule has 0 heterocycles. The maximum absolute atomic E-state index is 11.7. The van der Waals surface area contributed by atoms with Crippen LogP contribution in [-0.4, -0.2) is 102 Å². The van der Waals surface area contributed by atoms with Crippen molar-refractivity contribution in [2.75, 3.05) is 58.4 Å². The highest BCUT2D eigenvalue weighted by Gasteiger charge is 2.66. The summed E-state index contributed by atoms with van der Waals surface area (Å²) in [4.78, 5) is 0. The van der Waals surface area contributed by atoms with E-state index in [0.717, 1.165) is 76.6 Å². The molecule has 15 heteroatoms.